The van der Waals surface area contributed by atoms with Gasteiger partial charge in [0.25, 0.3) is 0 Å². The zero-order valence-corrected chi connectivity index (χ0v) is 18.5. The van der Waals surface area contributed by atoms with E-state index in [1.807, 2.05) is 24.1 Å². The quantitative estimate of drug-likeness (QED) is 0.297. The monoisotopic (exact) mass is 475 g/mol. The highest BCUT2D eigenvalue weighted by Gasteiger charge is 2.25. The van der Waals surface area contributed by atoms with Crippen molar-refractivity contribution in [3.05, 3.63) is 18.0 Å². The van der Waals surface area contributed by atoms with Crippen molar-refractivity contribution in [2.75, 3.05) is 32.8 Å². The molecule has 1 saturated heterocycles. The van der Waals surface area contributed by atoms with Crippen molar-refractivity contribution in [3.63, 3.8) is 0 Å². The Morgan fingerprint density at radius 2 is 2.19 bits per heavy atom. The lowest BCUT2D eigenvalue weighted by Crippen LogP contribution is -2.48. The van der Waals surface area contributed by atoms with E-state index in [1.54, 1.807) is 0 Å². The molecule has 2 fully saturated rings. The van der Waals surface area contributed by atoms with Crippen molar-refractivity contribution in [1.82, 2.24) is 20.0 Å². The molecule has 1 aromatic rings. The lowest BCUT2D eigenvalue weighted by atomic mass is 10.0. The predicted octanol–water partition coefficient (Wildman–Crippen LogP) is 3.35. The molecule has 0 bridgehead atoms. The molecule has 6 nitrogen and oxygen atoms in total. The molecule has 7 heteroatoms. The molecule has 2 aliphatic rings. The van der Waals surface area contributed by atoms with E-state index in [4.69, 9.17) is 9.73 Å². The van der Waals surface area contributed by atoms with Gasteiger partial charge in [-0.05, 0) is 25.7 Å². The highest BCUT2D eigenvalue weighted by molar-refractivity contribution is 14.0. The Kier molecular flexibility index (Phi) is 9.18. The largest absolute Gasteiger partial charge is 0.370 e. The summed E-state index contributed by atoms with van der Waals surface area (Å²) >= 11 is 0. The smallest absolute Gasteiger partial charge is 0.194 e. The van der Waals surface area contributed by atoms with Crippen LogP contribution in [-0.4, -0.2) is 53.4 Å². The fourth-order valence-corrected chi connectivity index (χ4v) is 3.94. The average Bonchev–Trinajstić information content (AvgIpc) is 3.29. The molecule has 1 aliphatic carbocycles. The van der Waals surface area contributed by atoms with Crippen molar-refractivity contribution in [2.24, 2.45) is 18.0 Å². The molecule has 2 heterocycles. The summed E-state index contributed by atoms with van der Waals surface area (Å²) in [7, 11) is 1.94. The number of morpholine rings is 1. The molecule has 1 aromatic heterocycles. The summed E-state index contributed by atoms with van der Waals surface area (Å²) < 4.78 is 7.78. The van der Waals surface area contributed by atoms with Crippen LogP contribution in [0.1, 0.15) is 57.1 Å². The topological polar surface area (TPSA) is 54.7 Å². The van der Waals surface area contributed by atoms with Crippen molar-refractivity contribution >= 4 is 29.9 Å². The third-order valence-electron chi connectivity index (χ3n) is 5.30. The summed E-state index contributed by atoms with van der Waals surface area (Å²) in [4.78, 5) is 7.22. The summed E-state index contributed by atoms with van der Waals surface area (Å²) in [6.07, 6.45) is 12.3. The molecule has 0 aromatic carbocycles. The van der Waals surface area contributed by atoms with E-state index in [2.05, 4.69) is 22.2 Å². The second kappa shape index (κ2) is 11.1. The van der Waals surface area contributed by atoms with Gasteiger partial charge in [0.05, 0.1) is 19.3 Å². The van der Waals surface area contributed by atoms with Crippen LogP contribution in [0.25, 0.3) is 0 Å². The van der Waals surface area contributed by atoms with Gasteiger partial charge in [0, 0.05) is 38.4 Å². The van der Waals surface area contributed by atoms with Gasteiger partial charge in [0.1, 0.15) is 6.10 Å². The van der Waals surface area contributed by atoms with Gasteiger partial charge >= 0.3 is 0 Å². The van der Waals surface area contributed by atoms with Crippen LogP contribution in [0.3, 0.4) is 0 Å². The zero-order valence-electron chi connectivity index (χ0n) is 16.2. The Labute approximate surface area is 174 Å². The van der Waals surface area contributed by atoms with E-state index in [0.717, 1.165) is 50.2 Å². The SMILES string of the molecule is CCNC(=NCCCC1CCCC1)N1CCOC(c2cnn(C)c2)C1.I. The van der Waals surface area contributed by atoms with Gasteiger partial charge in [0.15, 0.2) is 5.96 Å². The second-order valence-corrected chi connectivity index (χ2v) is 7.28. The number of guanidine groups is 1. The number of ether oxygens (including phenoxy) is 1. The minimum Gasteiger partial charge on any atom is -0.370 e. The minimum absolute atomic E-state index is 0. The van der Waals surface area contributed by atoms with Crippen LogP contribution in [0.15, 0.2) is 17.4 Å². The summed E-state index contributed by atoms with van der Waals surface area (Å²) in [5, 5.41) is 7.73. The fourth-order valence-electron chi connectivity index (χ4n) is 3.94. The van der Waals surface area contributed by atoms with Crippen LogP contribution in [0.4, 0.5) is 0 Å². The highest BCUT2D eigenvalue weighted by Crippen LogP contribution is 2.28. The number of aliphatic imine (C=N–C) groups is 1. The number of hydrogen-bond donors (Lipinski definition) is 1. The van der Waals surface area contributed by atoms with Crippen molar-refractivity contribution in [1.29, 1.82) is 0 Å². The highest BCUT2D eigenvalue weighted by atomic mass is 127. The molecule has 0 amide bonds. The standard InChI is InChI=1S/C19H33N5O.HI/c1-3-20-19(21-10-6-9-16-7-4-5-8-16)24-11-12-25-18(15-24)17-13-22-23(2)14-17;/h13-14,16,18H,3-12,15H2,1-2H3,(H,20,21);1H. The molecule has 0 radical (unpaired) electrons. The Bertz CT molecular complexity index is 556. The van der Waals surface area contributed by atoms with Crippen LogP contribution in [0.5, 0.6) is 0 Å². The molecule has 1 saturated carbocycles. The van der Waals surface area contributed by atoms with Gasteiger partial charge < -0.3 is 15.0 Å². The lowest BCUT2D eigenvalue weighted by Gasteiger charge is -2.34. The maximum atomic E-state index is 5.95. The lowest BCUT2D eigenvalue weighted by molar-refractivity contribution is -0.00804. The van der Waals surface area contributed by atoms with E-state index in [0.29, 0.717) is 0 Å². The third kappa shape index (κ3) is 6.11. The normalized spacial score (nSPS) is 21.7. The number of rotatable bonds is 6. The van der Waals surface area contributed by atoms with Crippen LogP contribution in [-0.2, 0) is 11.8 Å². The number of aryl methyl sites for hydroxylation is 1. The van der Waals surface area contributed by atoms with Gasteiger partial charge in [-0.2, -0.15) is 5.10 Å². The molecule has 1 aliphatic heterocycles. The molecule has 1 atom stereocenters. The molecular weight excluding hydrogens is 441 g/mol. The zero-order chi connectivity index (χ0) is 17.5. The maximum Gasteiger partial charge on any atom is 0.194 e. The van der Waals surface area contributed by atoms with E-state index < -0.39 is 0 Å². The first-order valence-corrected chi connectivity index (χ1v) is 9.89. The minimum atomic E-state index is 0. The third-order valence-corrected chi connectivity index (χ3v) is 5.30. The first kappa shape index (κ1) is 21.5. The number of nitrogens with zero attached hydrogens (tertiary/aromatic N) is 4. The first-order chi connectivity index (χ1) is 12.3. The van der Waals surface area contributed by atoms with Gasteiger partial charge in [-0.3, -0.25) is 9.67 Å². The number of halogens is 1. The first-order valence-electron chi connectivity index (χ1n) is 9.89. The summed E-state index contributed by atoms with van der Waals surface area (Å²) in [6.45, 7) is 6.41. The molecule has 1 unspecified atom stereocenters. The van der Waals surface area contributed by atoms with Gasteiger partial charge in [0.2, 0.25) is 0 Å². The van der Waals surface area contributed by atoms with E-state index in [1.165, 1.54) is 38.5 Å². The van der Waals surface area contributed by atoms with Crippen LogP contribution in [0.2, 0.25) is 0 Å². The molecule has 0 spiro atoms. The Balaban J connectivity index is 0.00000243. The molecular formula is C19H34IN5O. The van der Waals surface area contributed by atoms with E-state index in [9.17, 15) is 0 Å². The molecule has 1 N–H and O–H groups in total. The summed E-state index contributed by atoms with van der Waals surface area (Å²) in [5.41, 5.74) is 1.14. The summed E-state index contributed by atoms with van der Waals surface area (Å²) in [6, 6.07) is 0. The Morgan fingerprint density at radius 3 is 2.88 bits per heavy atom. The van der Waals surface area contributed by atoms with Crippen molar-refractivity contribution in [2.45, 2.75) is 51.6 Å². The van der Waals surface area contributed by atoms with Crippen molar-refractivity contribution < 1.29 is 4.74 Å². The molecule has 148 valence electrons. The van der Waals surface area contributed by atoms with Crippen LogP contribution >= 0.6 is 24.0 Å². The average molecular weight is 475 g/mol. The number of aromatic nitrogens is 2. The molecule has 3 rings (SSSR count). The fraction of sp³-hybridized carbons (Fsp3) is 0.789. The van der Waals surface area contributed by atoms with Crippen LogP contribution < -0.4 is 5.32 Å². The van der Waals surface area contributed by atoms with E-state index >= 15 is 0 Å². The maximum absolute atomic E-state index is 5.95. The van der Waals surface area contributed by atoms with Gasteiger partial charge in [-0.25, -0.2) is 0 Å². The molecule has 26 heavy (non-hydrogen) atoms. The van der Waals surface area contributed by atoms with Crippen LogP contribution in [0, 0.1) is 5.92 Å². The van der Waals surface area contributed by atoms with E-state index in [-0.39, 0.29) is 30.1 Å². The predicted molar refractivity (Wildman–Crippen MR) is 116 cm³/mol. The second-order valence-electron chi connectivity index (χ2n) is 7.28. The van der Waals surface area contributed by atoms with Gasteiger partial charge in [-0.15, -0.1) is 24.0 Å². The number of nitrogens with one attached hydrogen (secondary N) is 1. The number of hydrogen-bond acceptors (Lipinski definition) is 3. The van der Waals surface area contributed by atoms with Crippen molar-refractivity contribution in [3.8, 4) is 0 Å². The summed E-state index contributed by atoms with van der Waals surface area (Å²) in [5.74, 6) is 1.99. The van der Waals surface area contributed by atoms with Gasteiger partial charge in [-0.1, -0.05) is 25.7 Å². The Morgan fingerprint density at radius 1 is 1.38 bits per heavy atom. The Hall–Kier alpha value is -0.830.